The van der Waals surface area contributed by atoms with Gasteiger partial charge in [-0.25, -0.2) is 4.57 Å². The SMILES string of the molecule is O=P(O)(O)F.[H-].[Li+].[Ti]. The summed E-state index contributed by atoms with van der Waals surface area (Å²) < 4.78 is 19.0. The van der Waals surface area contributed by atoms with Crippen molar-refractivity contribution in [3.8, 4) is 0 Å². The Kier molecular flexibility index (Phi) is 12.5. The van der Waals surface area contributed by atoms with Crippen molar-refractivity contribution in [1.29, 1.82) is 0 Å². The molecule has 0 saturated carbocycles. The minimum Gasteiger partial charge on any atom is -1.00 e. The third kappa shape index (κ3) is 111. The van der Waals surface area contributed by atoms with Gasteiger partial charge in [0.2, 0.25) is 0 Å². The van der Waals surface area contributed by atoms with Gasteiger partial charge in [-0.2, -0.15) is 0 Å². The predicted octanol–water partition coefficient (Wildman–Crippen LogP) is -2.84. The molecule has 0 heterocycles. The molecule has 2 N–H and O–H groups in total. The van der Waals surface area contributed by atoms with Gasteiger partial charge in [0.05, 0.1) is 0 Å². The third-order valence-corrected chi connectivity index (χ3v) is 0. The van der Waals surface area contributed by atoms with Crippen LogP contribution in [0.2, 0.25) is 0 Å². The van der Waals surface area contributed by atoms with Gasteiger partial charge in [0.15, 0.2) is 0 Å². The van der Waals surface area contributed by atoms with E-state index in [1.807, 2.05) is 0 Å². The molecule has 0 saturated heterocycles. The number of rotatable bonds is 0. The average molecular weight is 156 g/mol. The number of hydrogen-bond donors (Lipinski definition) is 2. The standard InChI is InChI=1S/FH2O3P.Li.Ti.H/c1-5(2,3)4;;;/h(H2,2,3,4);;;/q;+1;;-1. The molecule has 0 radical (unpaired) electrons. The summed E-state index contributed by atoms with van der Waals surface area (Å²) in [7, 11) is -5.14. The van der Waals surface area contributed by atoms with Crippen LogP contribution in [-0.4, -0.2) is 9.79 Å². The molecule has 0 aromatic heterocycles. The normalized spacial score (nSPS) is 8.43. The minimum absolute atomic E-state index is 0. The molecule has 0 aliphatic carbocycles. The van der Waals surface area contributed by atoms with Crippen molar-refractivity contribution in [2.75, 3.05) is 0 Å². The van der Waals surface area contributed by atoms with E-state index in [4.69, 9.17) is 14.4 Å². The fourth-order valence-corrected chi connectivity index (χ4v) is 0. The maximum Gasteiger partial charge on any atom is 1.00 e. The monoisotopic (exact) mass is 156 g/mol. The molecule has 0 atom stereocenters. The smallest absolute Gasteiger partial charge is 1.00 e. The zero-order valence-corrected chi connectivity index (χ0v) is 6.08. The molecule has 0 aromatic carbocycles. The van der Waals surface area contributed by atoms with Gasteiger partial charge >= 0.3 is 26.8 Å². The van der Waals surface area contributed by atoms with Crippen LogP contribution >= 0.6 is 7.91 Å². The van der Waals surface area contributed by atoms with Crippen molar-refractivity contribution in [2.45, 2.75) is 0 Å². The van der Waals surface area contributed by atoms with Crippen LogP contribution in [0.5, 0.6) is 0 Å². The molecule has 3 nitrogen and oxygen atoms in total. The second kappa shape index (κ2) is 5.53. The summed E-state index contributed by atoms with van der Waals surface area (Å²) >= 11 is 0. The van der Waals surface area contributed by atoms with E-state index in [1.165, 1.54) is 0 Å². The molecule has 0 fully saturated rings. The van der Waals surface area contributed by atoms with E-state index in [9.17, 15) is 4.20 Å². The molecule has 0 aromatic rings. The van der Waals surface area contributed by atoms with Crippen LogP contribution in [0.1, 0.15) is 1.43 Å². The van der Waals surface area contributed by atoms with Crippen molar-refractivity contribution in [2.24, 2.45) is 0 Å². The Balaban J connectivity index is -0.0000000267. The summed E-state index contributed by atoms with van der Waals surface area (Å²) in [5, 5.41) is 0. The van der Waals surface area contributed by atoms with E-state index in [-0.39, 0.29) is 42.0 Å². The fourth-order valence-electron chi connectivity index (χ4n) is 0. The molecular formula is H3FLiO3PTi. The Morgan fingerprint density at radius 1 is 1.57 bits per heavy atom. The van der Waals surface area contributed by atoms with Gasteiger partial charge in [0, 0.05) is 21.7 Å². The van der Waals surface area contributed by atoms with Crippen LogP contribution in [-0.2, 0) is 26.3 Å². The van der Waals surface area contributed by atoms with Crippen LogP contribution in [0.25, 0.3) is 0 Å². The summed E-state index contributed by atoms with van der Waals surface area (Å²) in [6, 6.07) is 0. The Bertz CT molecular complexity index is 65.4. The Morgan fingerprint density at radius 3 is 1.57 bits per heavy atom. The van der Waals surface area contributed by atoms with Gasteiger partial charge in [-0.3, -0.25) is 9.79 Å². The largest absolute Gasteiger partial charge is 1.00 e. The van der Waals surface area contributed by atoms with E-state index in [0.29, 0.717) is 0 Å². The molecule has 7 heteroatoms. The third-order valence-electron chi connectivity index (χ3n) is 0. The van der Waals surface area contributed by atoms with Crippen LogP contribution in [0.4, 0.5) is 4.20 Å². The van der Waals surface area contributed by atoms with E-state index in [0.717, 1.165) is 0 Å². The number of halogens is 1. The molecule has 0 aliphatic heterocycles. The average Bonchev–Trinajstić information content (AvgIpc) is 0.722. The quantitative estimate of drug-likeness (QED) is 0.293. The maximum atomic E-state index is 10.4. The van der Waals surface area contributed by atoms with Gasteiger partial charge < -0.3 is 1.43 Å². The van der Waals surface area contributed by atoms with Crippen LogP contribution in [0.3, 0.4) is 0 Å². The fraction of sp³-hybridized carbons (Fsp3) is 0. The first-order chi connectivity index (χ1) is 2.00. The van der Waals surface area contributed by atoms with Crippen LogP contribution in [0, 0.1) is 0 Å². The topological polar surface area (TPSA) is 57.5 Å². The van der Waals surface area contributed by atoms with Crippen molar-refractivity contribution < 1.29 is 60.6 Å². The van der Waals surface area contributed by atoms with E-state index >= 15 is 0 Å². The Labute approximate surface area is 68.5 Å². The first-order valence-corrected chi connectivity index (χ1v) is 2.25. The molecule has 0 bridgehead atoms. The first-order valence-electron chi connectivity index (χ1n) is 0.752. The molecule has 0 aliphatic rings. The molecule has 0 rings (SSSR count). The van der Waals surface area contributed by atoms with Gasteiger partial charge in [-0.05, 0) is 0 Å². The summed E-state index contributed by atoms with van der Waals surface area (Å²) in [6.45, 7) is 0. The molecule has 38 valence electrons. The summed E-state index contributed by atoms with van der Waals surface area (Å²) in [6.07, 6.45) is 0. The van der Waals surface area contributed by atoms with Gasteiger partial charge in [-0.1, -0.05) is 0 Å². The molecule has 0 unspecified atom stereocenters. The van der Waals surface area contributed by atoms with Crippen LogP contribution < -0.4 is 18.9 Å². The Morgan fingerprint density at radius 2 is 1.57 bits per heavy atom. The summed E-state index contributed by atoms with van der Waals surface area (Å²) in [5.41, 5.74) is 0. The Hall–Kier alpha value is 1.39. The van der Waals surface area contributed by atoms with E-state index in [1.54, 1.807) is 0 Å². The number of hydrogen-bond acceptors (Lipinski definition) is 1. The first kappa shape index (κ1) is 15.8. The second-order valence-electron chi connectivity index (χ2n) is 0.473. The van der Waals surface area contributed by atoms with Crippen molar-refractivity contribution >= 4 is 7.91 Å². The van der Waals surface area contributed by atoms with Gasteiger partial charge in [0.25, 0.3) is 0 Å². The molecule has 0 amide bonds. The summed E-state index contributed by atoms with van der Waals surface area (Å²) in [5.74, 6) is 0. The van der Waals surface area contributed by atoms with E-state index in [2.05, 4.69) is 0 Å². The second-order valence-corrected chi connectivity index (χ2v) is 1.42. The van der Waals surface area contributed by atoms with Gasteiger partial charge in [-0.15, -0.1) is 4.20 Å². The van der Waals surface area contributed by atoms with Crippen molar-refractivity contribution in [3.63, 3.8) is 0 Å². The van der Waals surface area contributed by atoms with Crippen molar-refractivity contribution in [1.82, 2.24) is 0 Å². The zero-order valence-electron chi connectivity index (χ0n) is 4.63. The van der Waals surface area contributed by atoms with Crippen molar-refractivity contribution in [3.05, 3.63) is 0 Å². The van der Waals surface area contributed by atoms with Crippen LogP contribution in [0.15, 0.2) is 0 Å². The zero-order chi connectivity index (χ0) is 4.50. The molecular weight excluding hydrogens is 153 g/mol. The summed E-state index contributed by atoms with van der Waals surface area (Å²) in [4.78, 5) is 13.9. The van der Waals surface area contributed by atoms with Gasteiger partial charge in [0.1, 0.15) is 0 Å². The minimum atomic E-state index is -5.14. The van der Waals surface area contributed by atoms with E-state index < -0.39 is 7.91 Å². The predicted molar refractivity (Wildman–Crippen MR) is 14.3 cm³/mol. The molecule has 0 spiro atoms. The maximum absolute atomic E-state index is 10.4. The molecule has 7 heavy (non-hydrogen) atoms.